The Morgan fingerprint density at radius 3 is 2.27 bits per heavy atom. The summed E-state index contributed by atoms with van der Waals surface area (Å²) in [5.41, 5.74) is 2.89. The highest BCUT2D eigenvalue weighted by Gasteiger charge is 2.12. The lowest BCUT2D eigenvalue weighted by Gasteiger charge is -2.04. The van der Waals surface area contributed by atoms with Gasteiger partial charge in [-0.25, -0.2) is 0 Å². The van der Waals surface area contributed by atoms with Gasteiger partial charge in [-0.3, -0.25) is 4.57 Å². The molecule has 0 saturated carbocycles. The van der Waals surface area contributed by atoms with Crippen molar-refractivity contribution in [3.63, 3.8) is 0 Å². The Kier molecular flexibility index (Phi) is 4.65. The molecule has 3 nitrogen and oxygen atoms in total. The number of aromatic amines is 1. The minimum Gasteiger partial charge on any atom is -0.493 e. The first-order chi connectivity index (χ1) is 10.8. The third kappa shape index (κ3) is 3.26. The third-order valence-corrected chi connectivity index (χ3v) is 4.63. The molecule has 0 atom stereocenters. The number of hydrogen-bond donors (Lipinski definition) is 2. The molecule has 5 heteroatoms. The zero-order chi connectivity index (χ0) is 15.4. The number of para-hydroxylation sites is 1. The Balaban J connectivity index is 1.74. The maximum Gasteiger partial charge on any atom is 0.218 e. The minimum atomic E-state index is 0.191. The molecule has 2 N–H and O–H groups in total. The normalized spacial score (nSPS) is 10.7. The van der Waals surface area contributed by atoms with Crippen LogP contribution in [0.5, 0.6) is 5.88 Å². The highest BCUT2D eigenvalue weighted by molar-refractivity contribution is 7.97. The quantitative estimate of drug-likeness (QED) is 0.669. The van der Waals surface area contributed by atoms with E-state index in [0.717, 1.165) is 17.1 Å². The van der Waals surface area contributed by atoms with Crippen molar-refractivity contribution in [2.24, 2.45) is 0 Å². The van der Waals surface area contributed by atoms with E-state index < -0.39 is 0 Å². The molecule has 0 amide bonds. The van der Waals surface area contributed by atoms with E-state index in [-0.39, 0.29) is 5.88 Å². The average molecular weight is 328 g/mol. The van der Waals surface area contributed by atoms with E-state index in [1.807, 2.05) is 48.5 Å². The summed E-state index contributed by atoms with van der Waals surface area (Å²) in [5.74, 6) is 1.78. The maximum atomic E-state index is 10.4. The van der Waals surface area contributed by atoms with Gasteiger partial charge in [0.25, 0.3) is 0 Å². The number of nitrogens with one attached hydrogen (secondary N) is 1. The van der Waals surface area contributed by atoms with Crippen LogP contribution in [0.1, 0.15) is 11.3 Å². The Bertz CT molecular complexity index is 795. The number of hydrogen-bond acceptors (Lipinski definition) is 3. The van der Waals surface area contributed by atoms with Crippen molar-refractivity contribution in [3.05, 3.63) is 76.7 Å². The van der Waals surface area contributed by atoms with Gasteiger partial charge in [0.2, 0.25) is 5.88 Å². The van der Waals surface area contributed by atoms with Gasteiger partial charge in [0.15, 0.2) is 4.77 Å². The number of benzene rings is 2. The first kappa shape index (κ1) is 14.9. The molecule has 0 spiro atoms. The molecule has 3 aromatic rings. The molecular weight excluding hydrogens is 312 g/mol. The third-order valence-electron chi connectivity index (χ3n) is 3.31. The van der Waals surface area contributed by atoms with Gasteiger partial charge in [-0.2, -0.15) is 11.8 Å². The monoisotopic (exact) mass is 328 g/mol. The van der Waals surface area contributed by atoms with E-state index in [9.17, 15) is 5.11 Å². The Morgan fingerprint density at radius 2 is 1.59 bits per heavy atom. The summed E-state index contributed by atoms with van der Waals surface area (Å²) in [7, 11) is 0. The molecule has 0 radical (unpaired) electrons. The molecule has 112 valence electrons. The molecule has 2 aromatic carbocycles. The zero-order valence-electron chi connectivity index (χ0n) is 11.9. The van der Waals surface area contributed by atoms with Gasteiger partial charge in [-0.05, 0) is 29.9 Å². The van der Waals surface area contributed by atoms with Crippen molar-refractivity contribution in [2.45, 2.75) is 11.5 Å². The van der Waals surface area contributed by atoms with Crippen LogP contribution < -0.4 is 0 Å². The molecule has 0 aliphatic carbocycles. The van der Waals surface area contributed by atoms with Crippen LogP contribution in [0, 0.1) is 4.77 Å². The number of aromatic nitrogens is 2. The molecule has 1 aromatic heterocycles. The molecular formula is C17H16N2OS2. The van der Waals surface area contributed by atoms with Crippen LogP contribution >= 0.6 is 24.0 Å². The van der Waals surface area contributed by atoms with Gasteiger partial charge in [0.1, 0.15) is 0 Å². The van der Waals surface area contributed by atoms with Gasteiger partial charge in [-0.1, -0.05) is 48.5 Å². The molecule has 1 heterocycles. The average Bonchev–Trinajstić information content (AvgIpc) is 2.83. The maximum absolute atomic E-state index is 10.4. The van der Waals surface area contributed by atoms with Gasteiger partial charge in [-0.15, -0.1) is 0 Å². The van der Waals surface area contributed by atoms with Crippen LogP contribution in [0.3, 0.4) is 0 Å². The summed E-state index contributed by atoms with van der Waals surface area (Å²) < 4.78 is 2.17. The lowest BCUT2D eigenvalue weighted by atomic mass is 10.2. The zero-order valence-corrected chi connectivity index (χ0v) is 13.5. The van der Waals surface area contributed by atoms with E-state index in [0.29, 0.717) is 10.5 Å². The first-order valence-electron chi connectivity index (χ1n) is 6.95. The second kappa shape index (κ2) is 6.85. The van der Waals surface area contributed by atoms with Crippen LogP contribution in [0.4, 0.5) is 0 Å². The Morgan fingerprint density at radius 1 is 0.955 bits per heavy atom. The van der Waals surface area contributed by atoms with Crippen LogP contribution in [0.2, 0.25) is 0 Å². The van der Waals surface area contributed by atoms with Crippen molar-refractivity contribution in [3.8, 4) is 11.6 Å². The van der Waals surface area contributed by atoms with Crippen molar-refractivity contribution in [2.75, 3.05) is 0 Å². The highest BCUT2D eigenvalue weighted by atomic mass is 32.2. The second-order valence-corrected chi connectivity index (χ2v) is 6.25. The lowest BCUT2D eigenvalue weighted by molar-refractivity contribution is 0.437. The molecule has 22 heavy (non-hydrogen) atoms. The number of H-pyrrole nitrogens is 1. The molecule has 0 saturated heterocycles. The molecule has 3 rings (SSSR count). The molecule has 0 fully saturated rings. The van der Waals surface area contributed by atoms with Crippen molar-refractivity contribution in [1.82, 2.24) is 9.55 Å². The predicted octanol–water partition coefficient (Wildman–Crippen LogP) is 4.67. The van der Waals surface area contributed by atoms with E-state index in [1.54, 1.807) is 16.3 Å². The molecule has 0 aliphatic rings. The predicted molar refractivity (Wildman–Crippen MR) is 94.1 cm³/mol. The van der Waals surface area contributed by atoms with E-state index in [4.69, 9.17) is 12.2 Å². The summed E-state index contributed by atoms with van der Waals surface area (Å²) >= 11 is 7.06. The second-order valence-electron chi connectivity index (χ2n) is 4.88. The van der Waals surface area contributed by atoms with Gasteiger partial charge >= 0.3 is 0 Å². The summed E-state index contributed by atoms with van der Waals surface area (Å²) in [5, 5.41) is 10.4. The number of imidazole rings is 1. The Labute approximate surface area is 138 Å². The fraction of sp³-hybridized carbons (Fsp3) is 0.118. The number of thioether (sulfide) groups is 1. The summed E-state index contributed by atoms with van der Waals surface area (Å²) in [4.78, 5) is 3.10. The molecule has 0 bridgehead atoms. The van der Waals surface area contributed by atoms with Gasteiger partial charge < -0.3 is 10.1 Å². The van der Waals surface area contributed by atoms with Crippen LogP contribution in [-0.4, -0.2) is 14.7 Å². The van der Waals surface area contributed by atoms with E-state index in [1.165, 1.54) is 5.56 Å². The fourth-order valence-corrected chi connectivity index (χ4v) is 3.49. The summed E-state index contributed by atoms with van der Waals surface area (Å²) in [6.07, 6.45) is 0. The topological polar surface area (TPSA) is 40.9 Å². The summed E-state index contributed by atoms with van der Waals surface area (Å²) in [6, 6.07) is 19.9. The fourth-order valence-electron chi connectivity index (χ4n) is 2.23. The van der Waals surface area contributed by atoms with Crippen molar-refractivity contribution >= 4 is 24.0 Å². The van der Waals surface area contributed by atoms with E-state index in [2.05, 4.69) is 17.1 Å². The molecule has 0 aliphatic heterocycles. The number of nitrogens with zero attached hydrogens (tertiary/aromatic N) is 1. The van der Waals surface area contributed by atoms with Crippen LogP contribution in [0.15, 0.2) is 60.7 Å². The van der Waals surface area contributed by atoms with E-state index >= 15 is 0 Å². The SMILES string of the molecule is Oc1c(CSCc2ccccc2)[nH]c(=S)n1-c1ccccc1. The standard InChI is InChI=1S/C17H16N2OS2/c20-16-15(12-22-11-13-7-3-1-4-8-13)18-17(21)19(16)14-9-5-2-6-10-14/h1-10,20H,11-12H2,(H,18,21). The largest absolute Gasteiger partial charge is 0.493 e. The smallest absolute Gasteiger partial charge is 0.218 e. The van der Waals surface area contributed by atoms with Crippen LogP contribution in [-0.2, 0) is 11.5 Å². The minimum absolute atomic E-state index is 0.191. The van der Waals surface area contributed by atoms with Gasteiger partial charge in [0, 0.05) is 11.5 Å². The first-order valence-corrected chi connectivity index (χ1v) is 8.52. The number of rotatable bonds is 5. The van der Waals surface area contributed by atoms with Crippen LogP contribution in [0.25, 0.3) is 5.69 Å². The van der Waals surface area contributed by atoms with Crippen molar-refractivity contribution in [1.29, 1.82) is 0 Å². The van der Waals surface area contributed by atoms with Gasteiger partial charge in [0.05, 0.1) is 11.4 Å². The lowest BCUT2D eigenvalue weighted by Crippen LogP contribution is -1.92. The highest BCUT2D eigenvalue weighted by Crippen LogP contribution is 2.26. The molecule has 0 unspecified atom stereocenters. The summed E-state index contributed by atoms with van der Waals surface area (Å²) in [6.45, 7) is 0. The Hall–Kier alpha value is -1.98. The van der Waals surface area contributed by atoms with Crippen molar-refractivity contribution < 1.29 is 5.11 Å². The number of aromatic hydroxyl groups is 1.